The minimum absolute atomic E-state index is 0.0847. The van der Waals surface area contributed by atoms with E-state index in [1.807, 2.05) is 27.7 Å². The average Bonchev–Trinajstić information content (AvgIpc) is 2.92. The molecule has 12 heteroatoms. The zero-order chi connectivity index (χ0) is 31.9. The van der Waals surface area contributed by atoms with Gasteiger partial charge in [-0.2, -0.15) is 0 Å². The number of nitrogens with one attached hydrogen (secondary N) is 1. The minimum Gasteiger partial charge on any atom is -0.494 e. The molecule has 2 amide bonds. The lowest BCUT2D eigenvalue weighted by atomic mass is 10.1. The molecule has 0 aromatic heterocycles. The van der Waals surface area contributed by atoms with E-state index in [0.717, 1.165) is 28.6 Å². The maximum Gasteiger partial charge on any atom is 0.264 e. The number of benzene rings is 3. The van der Waals surface area contributed by atoms with Crippen LogP contribution in [-0.4, -0.2) is 49.9 Å². The van der Waals surface area contributed by atoms with E-state index in [0.29, 0.717) is 28.0 Å². The lowest BCUT2D eigenvalue weighted by Crippen LogP contribution is -2.55. The molecule has 0 bridgehead atoms. The van der Waals surface area contributed by atoms with E-state index in [4.69, 9.17) is 27.9 Å². The fraction of sp³-hybridized carbons (Fsp3) is 0.355. The summed E-state index contributed by atoms with van der Waals surface area (Å²) in [7, 11) is -4.36. The fourth-order valence-corrected chi connectivity index (χ4v) is 6.23. The largest absolute Gasteiger partial charge is 0.494 e. The molecule has 0 unspecified atom stereocenters. The lowest BCUT2D eigenvalue weighted by molar-refractivity contribution is -0.141. The van der Waals surface area contributed by atoms with E-state index < -0.39 is 45.8 Å². The molecule has 0 fully saturated rings. The van der Waals surface area contributed by atoms with Crippen molar-refractivity contribution in [1.82, 2.24) is 10.2 Å². The van der Waals surface area contributed by atoms with Crippen molar-refractivity contribution in [3.05, 3.63) is 88.2 Å². The number of nitrogens with zero attached hydrogens (tertiary/aromatic N) is 2. The number of carbonyl (C=O) groups excluding carboxylic acids is 2. The summed E-state index contributed by atoms with van der Waals surface area (Å²) in [6.07, 6.45) is 0.243. The zero-order valence-corrected chi connectivity index (χ0v) is 27.1. The molecule has 0 aliphatic heterocycles. The number of ether oxygens (including phenoxy) is 1. The summed E-state index contributed by atoms with van der Waals surface area (Å²) in [6, 6.07) is 14.4. The maximum absolute atomic E-state index is 14.2. The van der Waals surface area contributed by atoms with Gasteiger partial charge in [-0.25, -0.2) is 12.8 Å². The van der Waals surface area contributed by atoms with Crippen LogP contribution in [0, 0.1) is 5.82 Å². The predicted molar refractivity (Wildman–Crippen MR) is 168 cm³/mol. The van der Waals surface area contributed by atoms with Gasteiger partial charge < -0.3 is 15.0 Å². The highest BCUT2D eigenvalue weighted by atomic mass is 35.5. The Morgan fingerprint density at radius 2 is 1.60 bits per heavy atom. The van der Waals surface area contributed by atoms with Crippen molar-refractivity contribution in [2.24, 2.45) is 0 Å². The van der Waals surface area contributed by atoms with Crippen molar-refractivity contribution in [1.29, 1.82) is 0 Å². The third-order valence-electron chi connectivity index (χ3n) is 6.36. The Morgan fingerprint density at radius 1 is 0.977 bits per heavy atom. The van der Waals surface area contributed by atoms with Gasteiger partial charge in [-0.15, -0.1) is 0 Å². The van der Waals surface area contributed by atoms with Crippen molar-refractivity contribution in [3.63, 3.8) is 0 Å². The maximum atomic E-state index is 14.2. The quantitative estimate of drug-likeness (QED) is 0.243. The molecule has 43 heavy (non-hydrogen) atoms. The van der Waals surface area contributed by atoms with Crippen LogP contribution in [0.2, 0.25) is 10.0 Å². The molecule has 0 heterocycles. The molecular formula is C31H36Cl2FN3O5S. The molecule has 0 aliphatic carbocycles. The van der Waals surface area contributed by atoms with Crippen LogP contribution < -0.4 is 14.4 Å². The van der Waals surface area contributed by atoms with Gasteiger partial charge in [0.25, 0.3) is 10.0 Å². The van der Waals surface area contributed by atoms with E-state index in [-0.39, 0.29) is 23.5 Å². The van der Waals surface area contributed by atoms with Gasteiger partial charge in [0.15, 0.2) is 0 Å². The summed E-state index contributed by atoms with van der Waals surface area (Å²) >= 11 is 12.5. The first-order valence-electron chi connectivity index (χ1n) is 13.7. The Kier molecular flexibility index (Phi) is 11.5. The summed E-state index contributed by atoms with van der Waals surface area (Å²) in [5.41, 5.74) is 0.116. The van der Waals surface area contributed by atoms with Crippen molar-refractivity contribution >= 4 is 50.7 Å². The first-order chi connectivity index (χ1) is 20.2. The number of amides is 2. The van der Waals surface area contributed by atoms with Gasteiger partial charge in [0.2, 0.25) is 11.8 Å². The normalized spacial score (nSPS) is 12.4. The number of hydrogen-bond acceptors (Lipinski definition) is 5. The van der Waals surface area contributed by atoms with Gasteiger partial charge in [0, 0.05) is 22.1 Å². The van der Waals surface area contributed by atoms with Gasteiger partial charge in [0.05, 0.1) is 17.2 Å². The van der Waals surface area contributed by atoms with E-state index >= 15 is 0 Å². The number of anilines is 1. The third-order valence-corrected chi connectivity index (χ3v) is 8.73. The molecule has 0 radical (unpaired) electrons. The van der Waals surface area contributed by atoms with Crippen LogP contribution in [0.4, 0.5) is 10.1 Å². The van der Waals surface area contributed by atoms with Crippen LogP contribution in [0.5, 0.6) is 5.75 Å². The fourth-order valence-electron chi connectivity index (χ4n) is 4.34. The number of rotatable bonds is 12. The molecule has 1 atom stereocenters. The van der Waals surface area contributed by atoms with E-state index in [9.17, 15) is 22.4 Å². The van der Waals surface area contributed by atoms with E-state index in [1.54, 1.807) is 31.2 Å². The highest BCUT2D eigenvalue weighted by molar-refractivity contribution is 7.92. The lowest BCUT2D eigenvalue weighted by Gasteiger charge is -2.35. The molecule has 3 aromatic rings. The topological polar surface area (TPSA) is 96.0 Å². The number of halogens is 3. The molecule has 0 saturated carbocycles. The van der Waals surface area contributed by atoms with Crippen LogP contribution in [-0.2, 0) is 26.2 Å². The molecule has 0 spiro atoms. The standard InChI is InChI=1S/C31H36Cl2FN3O5S/c1-6-28(30(39)35-31(3,4)5)36(19-21-8-9-22(32)18-27(21)33)29(38)20-37(24-12-14-25(15-13-24)42-7-2)43(40,41)26-16-10-23(34)11-17-26/h8-18,28H,6-7,19-20H2,1-5H3,(H,35,39)/t28-/m1/s1. The van der Waals surface area contributed by atoms with Crippen molar-refractivity contribution in [3.8, 4) is 5.75 Å². The van der Waals surface area contributed by atoms with Crippen molar-refractivity contribution < 1.29 is 27.1 Å². The van der Waals surface area contributed by atoms with Gasteiger partial charge in [0.1, 0.15) is 24.2 Å². The van der Waals surface area contributed by atoms with Crippen molar-refractivity contribution in [2.75, 3.05) is 17.5 Å². The van der Waals surface area contributed by atoms with Crippen LogP contribution in [0.3, 0.4) is 0 Å². The second-order valence-electron chi connectivity index (χ2n) is 10.8. The summed E-state index contributed by atoms with van der Waals surface area (Å²) in [5, 5.41) is 3.60. The smallest absolute Gasteiger partial charge is 0.264 e. The Morgan fingerprint density at radius 3 is 2.14 bits per heavy atom. The molecule has 1 N–H and O–H groups in total. The second kappa shape index (κ2) is 14.4. The van der Waals surface area contributed by atoms with Crippen LogP contribution in [0.25, 0.3) is 0 Å². The Labute approximate surface area is 262 Å². The van der Waals surface area contributed by atoms with Crippen molar-refractivity contribution in [2.45, 2.75) is 64.1 Å². The van der Waals surface area contributed by atoms with Crippen LogP contribution >= 0.6 is 23.2 Å². The number of carbonyl (C=O) groups is 2. The van der Waals surface area contributed by atoms with E-state index in [1.165, 1.54) is 23.1 Å². The molecular weight excluding hydrogens is 616 g/mol. The first kappa shape index (κ1) is 34.2. The minimum atomic E-state index is -4.36. The highest BCUT2D eigenvalue weighted by Crippen LogP contribution is 2.28. The highest BCUT2D eigenvalue weighted by Gasteiger charge is 2.35. The summed E-state index contributed by atoms with van der Waals surface area (Å²) in [4.78, 5) is 28.7. The molecule has 3 aromatic carbocycles. The van der Waals surface area contributed by atoms with Gasteiger partial charge in [-0.05, 0) is 100 Å². The number of hydrogen-bond donors (Lipinski definition) is 1. The predicted octanol–water partition coefficient (Wildman–Crippen LogP) is 6.45. The summed E-state index contributed by atoms with van der Waals surface area (Å²) in [6.45, 7) is 8.72. The molecule has 232 valence electrons. The second-order valence-corrected chi connectivity index (χ2v) is 13.5. The van der Waals surface area contributed by atoms with Crippen LogP contribution in [0.15, 0.2) is 71.6 Å². The monoisotopic (exact) mass is 651 g/mol. The Bertz CT molecular complexity index is 1530. The Balaban J connectivity index is 2.10. The molecule has 8 nitrogen and oxygen atoms in total. The zero-order valence-electron chi connectivity index (χ0n) is 24.7. The first-order valence-corrected chi connectivity index (χ1v) is 15.9. The number of sulfonamides is 1. The van der Waals surface area contributed by atoms with Gasteiger partial charge in [-0.1, -0.05) is 36.2 Å². The van der Waals surface area contributed by atoms with E-state index in [2.05, 4.69) is 5.32 Å². The average molecular weight is 653 g/mol. The third kappa shape index (κ3) is 9.08. The molecule has 3 rings (SSSR count). The molecule has 0 aliphatic rings. The molecule has 0 saturated heterocycles. The SMILES string of the molecule is CCOc1ccc(N(CC(=O)N(Cc2ccc(Cl)cc2Cl)[C@H](CC)C(=O)NC(C)(C)C)S(=O)(=O)c2ccc(F)cc2)cc1. The Hall–Kier alpha value is -3.34. The summed E-state index contributed by atoms with van der Waals surface area (Å²) < 4.78 is 47.9. The van der Waals surface area contributed by atoms with Gasteiger partial charge >= 0.3 is 0 Å². The summed E-state index contributed by atoms with van der Waals surface area (Å²) in [5.74, 6) is -1.14. The van der Waals surface area contributed by atoms with Crippen LogP contribution in [0.1, 0.15) is 46.6 Å². The van der Waals surface area contributed by atoms with Gasteiger partial charge in [-0.3, -0.25) is 13.9 Å².